The summed E-state index contributed by atoms with van der Waals surface area (Å²) in [5.41, 5.74) is 0.210. The van der Waals surface area contributed by atoms with E-state index >= 15 is 0 Å². The third-order valence-corrected chi connectivity index (χ3v) is 3.36. The molecule has 1 aromatic heterocycles. The molecule has 0 atom stereocenters. The molecule has 0 radical (unpaired) electrons. The fraction of sp³-hybridized carbons (Fsp3) is 0.214. The minimum atomic E-state index is -0.643. The molecule has 2 aromatic rings. The smallest absolute Gasteiger partial charge is 0.289 e. The first-order valence-electron chi connectivity index (χ1n) is 6.70. The molecular formula is C14H13ClN4O4. The summed E-state index contributed by atoms with van der Waals surface area (Å²) in [6.07, 6.45) is 1.92. The van der Waals surface area contributed by atoms with Gasteiger partial charge in [-0.15, -0.1) is 0 Å². The van der Waals surface area contributed by atoms with Crippen LogP contribution in [0, 0.1) is 10.1 Å². The average Bonchev–Trinajstić information content (AvgIpc) is 2.51. The van der Waals surface area contributed by atoms with Crippen LogP contribution in [0.2, 0.25) is 5.02 Å². The van der Waals surface area contributed by atoms with Crippen LogP contribution >= 0.6 is 11.6 Å². The first-order chi connectivity index (χ1) is 10.9. The number of anilines is 1. The predicted molar refractivity (Wildman–Crippen MR) is 84.6 cm³/mol. The molecule has 8 nitrogen and oxygen atoms in total. The number of nitro groups is 1. The lowest BCUT2D eigenvalue weighted by Gasteiger charge is -2.08. The van der Waals surface area contributed by atoms with Crippen molar-refractivity contribution in [2.45, 2.75) is 19.9 Å². The Morgan fingerprint density at radius 2 is 2.17 bits per heavy atom. The Balaban J connectivity index is 2.12. The highest BCUT2D eigenvalue weighted by atomic mass is 35.5. The van der Waals surface area contributed by atoms with E-state index in [1.807, 2.05) is 6.92 Å². The topological polar surface area (TPSA) is 107 Å². The zero-order valence-electron chi connectivity index (χ0n) is 12.2. The second kappa shape index (κ2) is 7.01. The van der Waals surface area contributed by atoms with Gasteiger partial charge in [-0.3, -0.25) is 24.3 Å². The molecule has 120 valence electrons. The number of aromatic nitrogens is 2. The molecule has 0 fully saturated rings. The minimum absolute atomic E-state index is 0.0245. The van der Waals surface area contributed by atoms with Crippen molar-refractivity contribution >= 4 is 28.9 Å². The fourth-order valence-corrected chi connectivity index (χ4v) is 2.05. The number of nitro benzene ring substituents is 1. The van der Waals surface area contributed by atoms with Gasteiger partial charge >= 0.3 is 0 Å². The minimum Gasteiger partial charge on any atom is -0.324 e. The summed E-state index contributed by atoms with van der Waals surface area (Å²) in [6.45, 7) is 1.62. The Morgan fingerprint density at radius 3 is 2.78 bits per heavy atom. The quantitative estimate of drug-likeness (QED) is 0.663. The Hall–Kier alpha value is -2.74. The Morgan fingerprint density at radius 1 is 1.43 bits per heavy atom. The van der Waals surface area contributed by atoms with Crippen LogP contribution in [0.1, 0.15) is 12.6 Å². The Labute approximate surface area is 135 Å². The first kappa shape index (κ1) is 16.6. The van der Waals surface area contributed by atoms with Gasteiger partial charge in [-0.1, -0.05) is 18.5 Å². The molecule has 0 aliphatic carbocycles. The molecule has 0 aliphatic rings. The largest absolute Gasteiger partial charge is 0.324 e. The van der Waals surface area contributed by atoms with Crippen molar-refractivity contribution in [3.63, 3.8) is 0 Å². The number of hydrogen-bond acceptors (Lipinski definition) is 5. The van der Waals surface area contributed by atoms with Crippen LogP contribution < -0.4 is 10.9 Å². The van der Waals surface area contributed by atoms with Crippen molar-refractivity contribution in [3.05, 3.63) is 61.8 Å². The van der Waals surface area contributed by atoms with Crippen molar-refractivity contribution in [1.29, 1.82) is 0 Å². The molecule has 0 unspecified atom stereocenters. The van der Waals surface area contributed by atoms with E-state index in [-0.39, 0.29) is 28.5 Å². The van der Waals surface area contributed by atoms with Gasteiger partial charge in [0.25, 0.3) is 11.2 Å². The van der Waals surface area contributed by atoms with Crippen molar-refractivity contribution in [2.24, 2.45) is 0 Å². The van der Waals surface area contributed by atoms with E-state index in [1.165, 1.54) is 24.5 Å². The van der Waals surface area contributed by atoms with E-state index < -0.39 is 10.8 Å². The van der Waals surface area contributed by atoms with E-state index in [0.29, 0.717) is 12.1 Å². The molecule has 1 aromatic carbocycles. The summed E-state index contributed by atoms with van der Waals surface area (Å²) < 4.78 is 1.15. The van der Waals surface area contributed by atoms with E-state index in [4.69, 9.17) is 11.6 Å². The number of carbonyl (C=O) groups is 1. The second-order valence-corrected chi connectivity index (χ2v) is 5.08. The number of nitrogens with one attached hydrogen (secondary N) is 1. The van der Waals surface area contributed by atoms with Gasteiger partial charge in [-0.25, -0.2) is 4.98 Å². The fourth-order valence-electron chi connectivity index (χ4n) is 1.86. The Kier molecular flexibility index (Phi) is 5.07. The maximum Gasteiger partial charge on any atom is 0.289 e. The van der Waals surface area contributed by atoms with Crippen molar-refractivity contribution in [3.8, 4) is 0 Å². The zero-order chi connectivity index (χ0) is 17.0. The van der Waals surface area contributed by atoms with Gasteiger partial charge in [0.1, 0.15) is 11.6 Å². The third kappa shape index (κ3) is 4.13. The van der Waals surface area contributed by atoms with Gasteiger partial charge in [0.15, 0.2) is 0 Å². The lowest BCUT2D eigenvalue weighted by atomic mass is 10.2. The maximum absolute atomic E-state index is 12.0. The summed E-state index contributed by atoms with van der Waals surface area (Å²) in [4.78, 5) is 38.0. The van der Waals surface area contributed by atoms with Crippen LogP contribution in [0.5, 0.6) is 0 Å². The van der Waals surface area contributed by atoms with Crippen molar-refractivity contribution in [2.75, 3.05) is 5.32 Å². The lowest BCUT2D eigenvalue weighted by Crippen LogP contribution is -2.27. The van der Waals surface area contributed by atoms with Crippen LogP contribution in [0.3, 0.4) is 0 Å². The van der Waals surface area contributed by atoms with Crippen molar-refractivity contribution in [1.82, 2.24) is 9.55 Å². The number of hydrogen-bond donors (Lipinski definition) is 1. The van der Waals surface area contributed by atoms with E-state index in [9.17, 15) is 19.7 Å². The van der Waals surface area contributed by atoms with Gasteiger partial charge in [0, 0.05) is 23.5 Å². The highest BCUT2D eigenvalue weighted by molar-refractivity contribution is 6.32. The molecule has 2 rings (SSSR count). The van der Waals surface area contributed by atoms with Crippen LogP contribution in [-0.2, 0) is 17.8 Å². The van der Waals surface area contributed by atoms with Gasteiger partial charge < -0.3 is 5.32 Å². The molecule has 9 heteroatoms. The molecule has 23 heavy (non-hydrogen) atoms. The van der Waals surface area contributed by atoms with Crippen LogP contribution in [0.15, 0.2) is 35.4 Å². The normalized spacial score (nSPS) is 10.3. The van der Waals surface area contributed by atoms with Gasteiger partial charge in [0.2, 0.25) is 5.91 Å². The predicted octanol–water partition coefficient (Wildman–Crippen LogP) is 2.01. The first-order valence-corrected chi connectivity index (χ1v) is 7.07. The second-order valence-electron chi connectivity index (χ2n) is 4.67. The van der Waals surface area contributed by atoms with Crippen molar-refractivity contribution < 1.29 is 9.72 Å². The highest BCUT2D eigenvalue weighted by Crippen LogP contribution is 2.27. The monoisotopic (exact) mass is 336 g/mol. The van der Waals surface area contributed by atoms with Gasteiger partial charge in [0.05, 0.1) is 11.3 Å². The highest BCUT2D eigenvalue weighted by Gasteiger charge is 2.14. The molecule has 1 heterocycles. The van der Waals surface area contributed by atoms with Gasteiger partial charge in [-0.2, -0.15) is 0 Å². The molecule has 0 aliphatic heterocycles. The molecular weight excluding hydrogens is 324 g/mol. The summed E-state index contributed by atoms with van der Waals surface area (Å²) in [7, 11) is 0. The molecule has 0 saturated heterocycles. The number of carbonyl (C=O) groups excluding carboxylic acids is 1. The van der Waals surface area contributed by atoms with E-state index in [1.54, 1.807) is 0 Å². The molecule has 0 bridgehead atoms. The van der Waals surface area contributed by atoms with Crippen LogP contribution in [0.4, 0.5) is 11.4 Å². The number of benzene rings is 1. The summed E-state index contributed by atoms with van der Waals surface area (Å²) >= 11 is 5.70. The van der Waals surface area contributed by atoms with Crippen LogP contribution in [0.25, 0.3) is 0 Å². The average molecular weight is 337 g/mol. The SMILES string of the molecule is CCc1cc(=O)n(CC(=O)Nc2ccc(Cl)c([N+](=O)[O-])c2)cn1. The summed E-state index contributed by atoms with van der Waals surface area (Å²) in [5.74, 6) is -0.505. The standard InChI is InChI=1S/C14H13ClN4O4/c1-2-9-6-14(21)18(8-16-9)7-13(20)17-10-3-4-11(15)12(5-10)19(22)23/h3-6,8H,2,7H2,1H3,(H,17,20). The number of aryl methyl sites for hydroxylation is 1. The molecule has 1 N–H and O–H groups in total. The lowest BCUT2D eigenvalue weighted by molar-refractivity contribution is -0.384. The van der Waals surface area contributed by atoms with E-state index in [2.05, 4.69) is 10.3 Å². The summed E-state index contributed by atoms with van der Waals surface area (Å²) in [5, 5.41) is 13.3. The van der Waals surface area contributed by atoms with E-state index in [0.717, 1.165) is 10.6 Å². The molecule has 0 saturated carbocycles. The number of rotatable bonds is 5. The number of nitrogens with zero attached hydrogens (tertiary/aromatic N) is 3. The maximum atomic E-state index is 12.0. The Bertz CT molecular complexity index is 819. The molecule has 0 spiro atoms. The van der Waals surface area contributed by atoms with Crippen LogP contribution in [-0.4, -0.2) is 20.4 Å². The number of amides is 1. The number of halogens is 1. The molecule has 1 amide bonds. The third-order valence-electron chi connectivity index (χ3n) is 3.04. The summed E-state index contributed by atoms with van der Waals surface area (Å²) in [6, 6.07) is 5.27. The zero-order valence-corrected chi connectivity index (χ0v) is 12.9. The van der Waals surface area contributed by atoms with Gasteiger partial charge in [-0.05, 0) is 18.6 Å².